The van der Waals surface area contributed by atoms with Gasteiger partial charge in [0, 0.05) is 4.92 Å². The van der Waals surface area contributed by atoms with E-state index >= 15 is 0 Å². The topological polar surface area (TPSA) is 81.8 Å². The Balaban J connectivity index is 2.30. The maximum absolute atomic E-state index is 10.1. The van der Waals surface area contributed by atoms with Gasteiger partial charge in [-0.2, -0.15) is 0 Å². The van der Waals surface area contributed by atoms with Gasteiger partial charge in [-0.25, -0.2) is 0 Å². The predicted molar refractivity (Wildman–Crippen MR) is 33.6 cm³/mol. The van der Waals surface area contributed by atoms with Gasteiger partial charge in [-0.15, -0.1) is 0 Å². The van der Waals surface area contributed by atoms with Crippen molar-refractivity contribution >= 4 is 0 Å². The molecule has 0 unspecified atom stereocenters. The summed E-state index contributed by atoms with van der Waals surface area (Å²) < 4.78 is 9.57. The van der Waals surface area contributed by atoms with E-state index in [4.69, 9.17) is 14.6 Å². The standard InChI is InChI=1S/C5H9NO5/c7-1-5-10-2-4(3-11-5)6(8)9/h4-5,7H,1-3H2. The molecule has 1 aliphatic heterocycles. The molecular formula is C5H9NO5. The first kappa shape index (κ1) is 8.38. The van der Waals surface area contributed by atoms with Crippen LogP contribution >= 0.6 is 0 Å². The van der Waals surface area contributed by atoms with Crippen LogP contribution in [0.3, 0.4) is 0 Å². The molecule has 64 valence electrons. The zero-order valence-corrected chi connectivity index (χ0v) is 5.80. The molecule has 1 saturated heterocycles. The summed E-state index contributed by atoms with van der Waals surface area (Å²) in [6.07, 6.45) is -0.689. The minimum absolute atomic E-state index is 0.0121. The number of rotatable bonds is 2. The largest absolute Gasteiger partial charge is 0.391 e. The van der Waals surface area contributed by atoms with E-state index in [2.05, 4.69) is 0 Å². The second-order valence-electron chi connectivity index (χ2n) is 2.22. The van der Waals surface area contributed by atoms with Gasteiger partial charge in [-0.1, -0.05) is 0 Å². The Kier molecular flexibility index (Phi) is 2.75. The van der Waals surface area contributed by atoms with Crippen molar-refractivity contribution in [1.82, 2.24) is 0 Å². The van der Waals surface area contributed by atoms with Crippen molar-refractivity contribution in [1.29, 1.82) is 0 Å². The maximum atomic E-state index is 10.1. The Morgan fingerprint density at radius 2 is 2.09 bits per heavy atom. The molecule has 0 aromatic carbocycles. The van der Waals surface area contributed by atoms with Gasteiger partial charge in [-0.05, 0) is 0 Å². The van der Waals surface area contributed by atoms with Crippen LogP contribution in [0.5, 0.6) is 0 Å². The van der Waals surface area contributed by atoms with Crippen molar-refractivity contribution in [2.24, 2.45) is 0 Å². The Morgan fingerprint density at radius 3 is 2.45 bits per heavy atom. The molecule has 0 spiro atoms. The molecule has 11 heavy (non-hydrogen) atoms. The van der Waals surface area contributed by atoms with Crippen LogP contribution in [0, 0.1) is 10.1 Å². The van der Waals surface area contributed by atoms with Crippen molar-refractivity contribution in [2.75, 3.05) is 19.8 Å². The van der Waals surface area contributed by atoms with Gasteiger partial charge in [0.25, 0.3) is 6.04 Å². The molecule has 1 fully saturated rings. The summed E-state index contributed by atoms with van der Waals surface area (Å²) >= 11 is 0. The fourth-order valence-electron chi connectivity index (χ4n) is 0.760. The van der Waals surface area contributed by atoms with E-state index in [1.165, 1.54) is 0 Å². The fraction of sp³-hybridized carbons (Fsp3) is 1.00. The molecule has 1 N–H and O–H groups in total. The minimum atomic E-state index is -0.794. The minimum Gasteiger partial charge on any atom is -0.391 e. The number of hydrogen-bond acceptors (Lipinski definition) is 5. The third-order valence-corrected chi connectivity index (χ3v) is 1.40. The smallest absolute Gasteiger partial charge is 0.259 e. The highest BCUT2D eigenvalue weighted by atomic mass is 16.7. The number of ether oxygens (including phenoxy) is 2. The summed E-state index contributed by atoms with van der Waals surface area (Å²) in [7, 11) is 0. The van der Waals surface area contributed by atoms with Crippen LogP contribution in [0.15, 0.2) is 0 Å². The van der Waals surface area contributed by atoms with Crippen LogP contribution in [0.1, 0.15) is 0 Å². The van der Waals surface area contributed by atoms with E-state index in [-0.39, 0.29) is 19.8 Å². The summed E-state index contributed by atoms with van der Waals surface area (Å²) in [5.74, 6) is 0. The van der Waals surface area contributed by atoms with Crippen LogP contribution in [-0.4, -0.2) is 42.2 Å². The summed E-state index contributed by atoms with van der Waals surface area (Å²) in [6.45, 7) is -0.235. The SMILES string of the molecule is O=[N+]([O-])C1COC(CO)OC1. The van der Waals surface area contributed by atoms with Crippen molar-refractivity contribution < 1.29 is 19.5 Å². The highest BCUT2D eigenvalue weighted by molar-refractivity contribution is 4.60. The Bertz CT molecular complexity index is 142. The summed E-state index contributed by atoms with van der Waals surface area (Å²) in [5.41, 5.74) is 0. The van der Waals surface area contributed by atoms with Crippen molar-refractivity contribution in [3.63, 3.8) is 0 Å². The highest BCUT2D eigenvalue weighted by Gasteiger charge is 2.29. The van der Waals surface area contributed by atoms with Crippen LogP contribution < -0.4 is 0 Å². The van der Waals surface area contributed by atoms with Crippen LogP contribution in [0.2, 0.25) is 0 Å². The van der Waals surface area contributed by atoms with Gasteiger partial charge in [0.1, 0.15) is 13.2 Å². The summed E-state index contributed by atoms with van der Waals surface area (Å²) in [4.78, 5) is 9.68. The molecular weight excluding hydrogens is 154 g/mol. The maximum Gasteiger partial charge on any atom is 0.259 e. The number of aliphatic hydroxyl groups is 1. The van der Waals surface area contributed by atoms with Crippen LogP contribution in [-0.2, 0) is 9.47 Å². The van der Waals surface area contributed by atoms with Gasteiger partial charge in [0.2, 0.25) is 0 Å². The van der Waals surface area contributed by atoms with Gasteiger partial charge in [-0.3, -0.25) is 10.1 Å². The molecule has 0 aromatic heterocycles. The number of aliphatic hydroxyl groups excluding tert-OH is 1. The van der Waals surface area contributed by atoms with E-state index in [1.807, 2.05) is 0 Å². The Morgan fingerprint density at radius 1 is 1.55 bits per heavy atom. The number of nitrogens with zero attached hydrogens (tertiary/aromatic N) is 1. The quantitative estimate of drug-likeness (QED) is 0.417. The van der Waals surface area contributed by atoms with Gasteiger partial charge in [0.05, 0.1) is 6.61 Å². The lowest BCUT2D eigenvalue weighted by Crippen LogP contribution is -2.41. The van der Waals surface area contributed by atoms with E-state index in [9.17, 15) is 10.1 Å². The van der Waals surface area contributed by atoms with Crippen LogP contribution in [0.25, 0.3) is 0 Å². The lowest BCUT2D eigenvalue weighted by atomic mass is 10.3. The number of nitro groups is 1. The van der Waals surface area contributed by atoms with Crippen molar-refractivity contribution in [2.45, 2.75) is 12.3 Å². The molecule has 0 radical (unpaired) electrons. The molecule has 1 rings (SSSR count). The van der Waals surface area contributed by atoms with E-state index in [0.29, 0.717) is 0 Å². The first-order chi connectivity index (χ1) is 5.24. The van der Waals surface area contributed by atoms with Gasteiger partial charge in [0.15, 0.2) is 6.29 Å². The molecule has 0 saturated carbocycles. The first-order valence-corrected chi connectivity index (χ1v) is 3.21. The van der Waals surface area contributed by atoms with E-state index in [1.54, 1.807) is 0 Å². The third kappa shape index (κ3) is 2.11. The summed E-state index contributed by atoms with van der Waals surface area (Å²) in [5, 5.41) is 18.6. The molecule has 0 aliphatic carbocycles. The van der Waals surface area contributed by atoms with Crippen molar-refractivity contribution in [3.8, 4) is 0 Å². The zero-order valence-electron chi connectivity index (χ0n) is 5.80. The van der Waals surface area contributed by atoms with Crippen molar-refractivity contribution in [3.05, 3.63) is 10.1 Å². The monoisotopic (exact) mass is 163 g/mol. The average Bonchev–Trinajstić information content (AvgIpc) is 2.05. The molecule has 0 amide bonds. The zero-order chi connectivity index (χ0) is 8.27. The van der Waals surface area contributed by atoms with Gasteiger partial charge < -0.3 is 14.6 Å². The molecule has 1 heterocycles. The lowest BCUT2D eigenvalue weighted by molar-refractivity contribution is -0.543. The van der Waals surface area contributed by atoms with E-state index < -0.39 is 17.3 Å². The fourth-order valence-corrected chi connectivity index (χ4v) is 0.760. The Hall–Kier alpha value is -0.720. The third-order valence-electron chi connectivity index (χ3n) is 1.40. The molecule has 6 heteroatoms. The molecule has 0 atom stereocenters. The summed E-state index contributed by atoms with van der Waals surface area (Å²) in [6, 6.07) is -0.794. The molecule has 6 nitrogen and oxygen atoms in total. The number of hydrogen-bond donors (Lipinski definition) is 1. The predicted octanol–water partition coefficient (Wildman–Crippen LogP) is -1.00. The normalized spacial score (nSPS) is 31.7. The molecule has 0 bridgehead atoms. The molecule has 1 aliphatic rings. The first-order valence-electron chi connectivity index (χ1n) is 3.21. The Labute approximate surface area is 62.9 Å². The second kappa shape index (κ2) is 3.61. The van der Waals surface area contributed by atoms with E-state index in [0.717, 1.165) is 0 Å². The lowest BCUT2D eigenvalue weighted by Gasteiger charge is -2.23. The highest BCUT2D eigenvalue weighted by Crippen LogP contribution is 2.06. The average molecular weight is 163 g/mol. The van der Waals surface area contributed by atoms with Gasteiger partial charge >= 0.3 is 0 Å². The molecule has 0 aromatic rings. The van der Waals surface area contributed by atoms with Crippen LogP contribution in [0.4, 0.5) is 0 Å². The second-order valence-corrected chi connectivity index (χ2v) is 2.22.